The Labute approximate surface area is 199 Å². The number of methoxy groups -OCH3 is 1. The van der Waals surface area contributed by atoms with Gasteiger partial charge in [-0.05, 0) is 73.7 Å². The molecule has 2 aromatic carbocycles. The van der Waals surface area contributed by atoms with E-state index in [2.05, 4.69) is 21.7 Å². The minimum atomic E-state index is -1.19. The highest BCUT2D eigenvalue weighted by molar-refractivity contribution is 5.83. The quantitative estimate of drug-likeness (QED) is 0.497. The maximum absolute atomic E-state index is 15.3. The summed E-state index contributed by atoms with van der Waals surface area (Å²) >= 11 is 0. The summed E-state index contributed by atoms with van der Waals surface area (Å²) in [6.45, 7) is 1.74. The van der Waals surface area contributed by atoms with Gasteiger partial charge >= 0.3 is 5.97 Å². The van der Waals surface area contributed by atoms with E-state index in [0.29, 0.717) is 36.3 Å². The van der Waals surface area contributed by atoms with Crippen molar-refractivity contribution in [3.8, 4) is 17.6 Å². The van der Waals surface area contributed by atoms with Crippen molar-refractivity contribution < 1.29 is 19.0 Å². The third kappa shape index (κ3) is 5.73. The van der Waals surface area contributed by atoms with Gasteiger partial charge in [0.1, 0.15) is 11.9 Å². The Morgan fingerprint density at radius 1 is 1.26 bits per heavy atom. The van der Waals surface area contributed by atoms with E-state index in [4.69, 9.17) is 4.74 Å². The summed E-state index contributed by atoms with van der Waals surface area (Å²) in [6.07, 6.45) is 1.95. The zero-order valence-electron chi connectivity index (χ0n) is 19.3. The van der Waals surface area contributed by atoms with Crippen molar-refractivity contribution in [3.05, 3.63) is 71.9 Å². The van der Waals surface area contributed by atoms with E-state index in [1.54, 1.807) is 25.4 Å². The number of benzene rings is 2. The van der Waals surface area contributed by atoms with Crippen molar-refractivity contribution in [2.24, 2.45) is 11.8 Å². The van der Waals surface area contributed by atoms with Gasteiger partial charge in [0, 0.05) is 23.7 Å². The number of piperidine rings is 1. The number of hydrogen-bond donors (Lipinski definition) is 1. The number of alkyl halides is 1. The van der Waals surface area contributed by atoms with Gasteiger partial charge in [-0.3, -0.25) is 14.7 Å². The van der Waals surface area contributed by atoms with E-state index in [0.717, 1.165) is 23.9 Å². The molecule has 0 unspecified atom stereocenters. The van der Waals surface area contributed by atoms with Crippen LogP contribution in [0.5, 0.6) is 5.75 Å². The molecule has 3 atom stereocenters. The lowest BCUT2D eigenvalue weighted by atomic mass is 9.81. The third-order valence-corrected chi connectivity index (χ3v) is 6.58. The minimum absolute atomic E-state index is 0.0586. The lowest BCUT2D eigenvalue weighted by Gasteiger charge is -2.35. The maximum atomic E-state index is 15.3. The molecule has 34 heavy (non-hydrogen) atoms. The molecule has 4 rings (SSSR count). The van der Waals surface area contributed by atoms with Crippen LogP contribution in [-0.2, 0) is 4.79 Å². The number of halogens is 1. The van der Waals surface area contributed by atoms with Crippen LogP contribution in [0.2, 0.25) is 0 Å². The Bertz CT molecular complexity index is 1190. The molecule has 0 aliphatic carbocycles. The first kappa shape index (κ1) is 23.7. The second-order valence-electron chi connectivity index (χ2n) is 8.72. The highest BCUT2D eigenvalue weighted by Crippen LogP contribution is 2.35. The lowest BCUT2D eigenvalue weighted by Crippen LogP contribution is -2.44. The number of nitrogens with zero attached hydrogens (tertiary/aromatic N) is 2. The summed E-state index contributed by atoms with van der Waals surface area (Å²) in [5.41, 5.74) is 2.24. The molecule has 1 saturated heterocycles. The number of aliphatic carboxylic acids is 1. The number of carbonyl (C=O) groups is 1. The maximum Gasteiger partial charge on any atom is 0.308 e. The molecule has 0 amide bonds. The molecule has 0 spiro atoms. The van der Waals surface area contributed by atoms with Gasteiger partial charge in [0.05, 0.1) is 25.1 Å². The fraction of sp³-hybridized carbons (Fsp3) is 0.357. The molecule has 1 aliphatic heterocycles. The van der Waals surface area contributed by atoms with Crippen molar-refractivity contribution in [1.82, 2.24) is 9.88 Å². The van der Waals surface area contributed by atoms with Crippen LogP contribution in [0.25, 0.3) is 10.9 Å². The number of likely N-dealkylation sites (tertiary alicyclic amines) is 1. The van der Waals surface area contributed by atoms with Crippen LogP contribution in [0.1, 0.15) is 36.6 Å². The van der Waals surface area contributed by atoms with Gasteiger partial charge < -0.3 is 9.84 Å². The number of hydrogen-bond acceptors (Lipinski definition) is 4. The van der Waals surface area contributed by atoms with E-state index in [-0.39, 0.29) is 12.3 Å². The normalized spacial score (nSPS) is 19.2. The summed E-state index contributed by atoms with van der Waals surface area (Å²) in [5.74, 6) is 5.53. The largest absolute Gasteiger partial charge is 0.497 e. The average Bonchev–Trinajstić information content (AvgIpc) is 2.87. The summed E-state index contributed by atoms with van der Waals surface area (Å²) in [7, 11) is 1.58. The van der Waals surface area contributed by atoms with Gasteiger partial charge in [0.25, 0.3) is 0 Å². The predicted octanol–water partition coefficient (Wildman–Crippen LogP) is 5.11. The summed E-state index contributed by atoms with van der Waals surface area (Å²) in [5, 5.41) is 10.6. The predicted molar refractivity (Wildman–Crippen MR) is 130 cm³/mol. The van der Waals surface area contributed by atoms with E-state index in [1.807, 2.05) is 42.5 Å². The first-order chi connectivity index (χ1) is 16.5. The molecule has 5 nitrogen and oxygen atoms in total. The molecule has 0 radical (unpaired) electrons. The molecule has 1 N–H and O–H groups in total. The number of fused-ring (bicyclic) bond motifs is 1. The zero-order chi connectivity index (χ0) is 23.9. The van der Waals surface area contributed by atoms with Crippen molar-refractivity contribution in [2.45, 2.75) is 25.4 Å². The van der Waals surface area contributed by atoms with E-state index < -0.39 is 18.1 Å². The van der Waals surface area contributed by atoms with E-state index in [1.165, 1.54) is 0 Å². The van der Waals surface area contributed by atoms with Crippen LogP contribution in [-0.4, -0.2) is 47.7 Å². The molecular weight excluding hydrogens is 431 g/mol. The highest BCUT2D eigenvalue weighted by Gasteiger charge is 2.34. The molecule has 0 saturated carbocycles. The van der Waals surface area contributed by atoms with Gasteiger partial charge in [0.2, 0.25) is 0 Å². The number of rotatable bonds is 7. The number of carboxylic acid groups (broad SMARTS) is 1. The Hall–Kier alpha value is -3.43. The minimum Gasteiger partial charge on any atom is -0.497 e. The summed E-state index contributed by atoms with van der Waals surface area (Å²) in [6, 6.07) is 16.9. The number of carboxylic acids is 1. The molecule has 3 aromatic rings. The Balaban J connectivity index is 1.38. The summed E-state index contributed by atoms with van der Waals surface area (Å²) < 4.78 is 20.6. The lowest BCUT2D eigenvalue weighted by molar-refractivity contribution is -0.146. The first-order valence-corrected chi connectivity index (χ1v) is 11.6. The second kappa shape index (κ2) is 11.1. The summed E-state index contributed by atoms with van der Waals surface area (Å²) in [4.78, 5) is 18.4. The number of pyridine rings is 1. The Morgan fingerprint density at radius 3 is 2.85 bits per heavy atom. The fourth-order valence-corrected chi connectivity index (χ4v) is 4.67. The smallest absolute Gasteiger partial charge is 0.308 e. The van der Waals surface area contributed by atoms with Crippen molar-refractivity contribution >= 4 is 16.9 Å². The molecule has 2 heterocycles. The van der Waals surface area contributed by atoms with Crippen molar-refractivity contribution in [2.75, 3.05) is 26.7 Å². The van der Waals surface area contributed by atoms with Crippen molar-refractivity contribution in [3.63, 3.8) is 0 Å². The topological polar surface area (TPSA) is 62.7 Å². The Morgan fingerprint density at radius 2 is 2.09 bits per heavy atom. The monoisotopic (exact) mass is 460 g/mol. The average molecular weight is 461 g/mol. The van der Waals surface area contributed by atoms with Gasteiger partial charge in [0.15, 0.2) is 0 Å². The molecule has 1 aliphatic rings. The standard InChI is InChI=1S/C28H29FN2O3/c1-34-22-10-12-27-24(18-22)23(13-15-30-27)26(29)11-9-21-14-17-31(19-25(21)28(32)33)16-5-8-20-6-3-2-4-7-20/h2-4,6-7,10,12-13,15,18,21,25-26H,9,11,14,16-17,19H2,1H3,(H,32,33)/t21-,25+,26+/m1/s1. The highest BCUT2D eigenvalue weighted by atomic mass is 19.1. The van der Waals surface area contributed by atoms with Crippen LogP contribution in [0.3, 0.4) is 0 Å². The van der Waals surface area contributed by atoms with E-state index in [9.17, 15) is 9.90 Å². The molecule has 176 valence electrons. The third-order valence-electron chi connectivity index (χ3n) is 6.58. The van der Waals surface area contributed by atoms with Gasteiger partial charge in [-0.25, -0.2) is 4.39 Å². The van der Waals surface area contributed by atoms with Crippen LogP contribution >= 0.6 is 0 Å². The van der Waals surface area contributed by atoms with Crippen LogP contribution in [0.15, 0.2) is 60.8 Å². The Kier molecular flexibility index (Phi) is 7.76. The van der Waals surface area contributed by atoms with Crippen molar-refractivity contribution in [1.29, 1.82) is 0 Å². The van der Waals surface area contributed by atoms with Gasteiger partial charge in [-0.2, -0.15) is 0 Å². The van der Waals surface area contributed by atoms with E-state index >= 15 is 4.39 Å². The molecular formula is C28H29FN2O3. The first-order valence-electron chi connectivity index (χ1n) is 11.6. The molecule has 1 fully saturated rings. The van der Waals surface area contributed by atoms with Gasteiger partial charge in [-0.1, -0.05) is 30.0 Å². The number of ether oxygens (including phenoxy) is 1. The fourth-order valence-electron chi connectivity index (χ4n) is 4.67. The van der Waals surface area contributed by atoms with Crippen LogP contribution < -0.4 is 4.74 Å². The zero-order valence-corrected chi connectivity index (χ0v) is 19.3. The number of aromatic nitrogens is 1. The molecule has 0 bridgehead atoms. The second-order valence-corrected chi connectivity index (χ2v) is 8.72. The SMILES string of the molecule is COc1ccc2nccc([C@@H](F)CC[C@@H]3CCN(CC#Cc4ccccc4)C[C@@H]3C(=O)O)c2c1. The molecule has 1 aromatic heterocycles. The van der Waals surface area contributed by atoms with Crippen LogP contribution in [0.4, 0.5) is 4.39 Å². The molecule has 6 heteroatoms. The van der Waals surface area contributed by atoms with Crippen LogP contribution in [0, 0.1) is 23.7 Å². The van der Waals surface area contributed by atoms with Gasteiger partial charge in [-0.15, -0.1) is 0 Å².